The van der Waals surface area contributed by atoms with E-state index in [-0.39, 0.29) is 17.7 Å². The molecular weight excluding hydrogens is 347 g/mol. The lowest BCUT2D eigenvalue weighted by molar-refractivity contribution is -0.116. The summed E-state index contributed by atoms with van der Waals surface area (Å²) in [5.41, 5.74) is 5.10. The van der Waals surface area contributed by atoms with E-state index in [1.165, 1.54) is 6.08 Å². The maximum atomic E-state index is 15.0. The van der Waals surface area contributed by atoms with Gasteiger partial charge in [0.1, 0.15) is 11.5 Å². The summed E-state index contributed by atoms with van der Waals surface area (Å²) in [6.45, 7) is 1.57. The minimum Gasteiger partial charge on any atom is -0.384 e. The third-order valence-electron chi connectivity index (χ3n) is 5.32. The number of nitrogen functional groups attached to an aromatic ring is 1. The molecule has 2 aliphatic rings. The number of anilines is 2. The first kappa shape index (κ1) is 17.4. The molecule has 0 radical (unpaired) electrons. The van der Waals surface area contributed by atoms with E-state index in [1.807, 2.05) is 4.90 Å². The monoisotopic (exact) mass is 368 g/mol. The highest BCUT2D eigenvalue weighted by molar-refractivity contribution is 5.91. The van der Waals surface area contributed by atoms with Gasteiger partial charge in [0.2, 0.25) is 11.9 Å². The Hall–Kier alpha value is -3.03. The van der Waals surface area contributed by atoms with Gasteiger partial charge in [-0.25, -0.2) is 19.3 Å². The predicted molar refractivity (Wildman–Crippen MR) is 100 cm³/mol. The van der Waals surface area contributed by atoms with E-state index in [2.05, 4.69) is 20.3 Å². The van der Waals surface area contributed by atoms with E-state index in [0.717, 1.165) is 5.56 Å². The van der Waals surface area contributed by atoms with Gasteiger partial charge in [0.25, 0.3) is 0 Å². The quantitative estimate of drug-likeness (QED) is 0.749. The number of nitrogens with two attached hydrogens (primary N) is 1. The van der Waals surface area contributed by atoms with E-state index in [0.29, 0.717) is 37.8 Å². The van der Waals surface area contributed by atoms with E-state index in [1.54, 1.807) is 42.9 Å². The lowest BCUT2D eigenvalue weighted by atomic mass is 10.1. The van der Waals surface area contributed by atoms with Crippen LogP contribution < -0.4 is 16.0 Å². The number of carbonyl (C=O) groups is 1. The number of hydrogen-bond acceptors (Lipinski definition) is 6. The summed E-state index contributed by atoms with van der Waals surface area (Å²) in [4.78, 5) is 26.3. The summed E-state index contributed by atoms with van der Waals surface area (Å²) in [7, 11) is 0. The predicted octanol–water partition coefficient (Wildman–Crippen LogP) is 1.45. The normalized spacial score (nSPS) is 26.2. The van der Waals surface area contributed by atoms with Crippen LogP contribution in [0, 0.1) is 11.8 Å². The molecule has 2 aromatic heterocycles. The SMILES string of the molecule is Nc1ccc(/C=C/C(=O)NCCC2(F)[C@@H]3CN(c4ncccn4)C[C@@H]32)cn1. The standard InChI is InChI=1S/C19H21FN6O/c20-19(14-11-26(12-15(14)19)18-23-7-1-8-24-18)6-9-22-17(27)5-3-13-2-4-16(21)25-10-13/h1-5,7-8,10,14-15H,6,9,11-12H2,(H2,21,25)(H,22,27)/b5-3+/t14-,15+,19?. The Morgan fingerprint density at radius 2 is 2.04 bits per heavy atom. The summed E-state index contributed by atoms with van der Waals surface area (Å²) < 4.78 is 15.0. The van der Waals surface area contributed by atoms with Gasteiger partial charge in [-0.1, -0.05) is 0 Å². The molecule has 1 saturated heterocycles. The zero-order valence-electron chi connectivity index (χ0n) is 14.8. The van der Waals surface area contributed by atoms with Crippen molar-refractivity contribution in [3.05, 3.63) is 48.4 Å². The highest BCUT2D eigenvalue weighted by Gasteiger charge is 2.69. The lowest BCUT2D eigenvalue weighted by Gasteiger charge is -2.22. The van der Waals surface area contributed by atoms with Crippen LogP contribution in [-0.4, -0.2) is 46.2 Å². The topological polar surface area (TPSA) is 97.0 Å². The molecule has 140 valence electrons. The van der Waals surface area contributed by atoms with Gasteiger partial charge in [0.15, 0.2) is 0 Å². The highest BCUT2D eigenvalue weighted by Crippen LogP contribution is 2.60. The summed E-state index contributed by atoms with van der Waals surface area (Å²) in [5.74, 6) is 0.824. The second kappa shape index (κ2) is 6.94. The van der Waals surface area contributed by atoms with Gasteiger partial charge >= 0.3 is 0 Å². The fourth-order valence-electron chi connectivity index (χ4n) is 3.79. The number of carbonyl (C=O) groups excluding carboxylic acids is 1. The van der Waals surface area contributed by atoms with Crippen molar-refractivity contribution in [2.45, 2.75) is 12.1 Å². The van der Waals surface area contributed by atoms with Crippen LogP contribution in [0.4, 0.5) is 16.2 Å². The van der Waals surface area contributed by atoms with Gasteiger partial charge in [0, 0.05) is 56.1 Å². The fourth-order valence-corrected chi connectivity index (χ4v) is 3.79. The maximum absolute atomic E-state index is 15.0. The largest absolute Gasteiger partial charge is 0.384 e. The molecule has 3 heterocycles. The molecule has 0 aromatic carbocycles. The molecule has 1 amide bonds. The molecule has 0 bridgehead atoms. The third-order valence-corrected chi connectivity index (χ3v) is 5.32. The zero-order chi connectivity index (χ0) is 18.9. The smallest absolute Gasteiger partial charge is 0.244 e. The first-order valence-electron chi connectivity index (χ1n) is 8.94. The van der Waals surface area contributed by atoms with Crippen molar-refractivity contribution in [1.82, 2.24) is 20.3 Å². The average molecular weight is 368 g/mol. The first-order valence-corrected chi connectivity index (χ1v) is 8.94. The number of halogens is 1. The van der Waals surface area contributed by atoms with Crippen LogP contribution in [0.25, 0.3) is 6.08 Å². The third kappa shape index (κ3) is 3.60. The number of nitrogens with one attached hydrogen (secondary N) is 1. The van der Waals surface area contributed by atoms with Crippen LogP contribution in [0.3, 0.4) is 0 Å². The van der Waals surface area contributed by atoms with Crippen molar-refractivity contribution in [2.75, 3.05) is 30.3 Å². The number of nitrogens with zero attached hydrogens (tertiary/aromatic N) is 4. The van der Waals surface area contributed by atoms with Crippen molar-refractivity contribution in [2.24, 2.45) is 11.8 Å². The number of pyridine rings is 1. The van der Waals surface area contributed by atoms with Crippen LogP contribution in [0.2, 0.25) is 0 Å². The molecular formula is C19H21FN6O. The summed E-state index contributed by atoms with van der Waals surface area (Å²) in [5, 5.41) is 2.74. The Morgan fingerprint density at radius 3 is 2.70 bits per heavy atom. The molecule has 4 rings (SSSR count). The maximum Gasteiger partial charge on any atom is 0.244 e. The Labute approximate surface area is 156 Å². The van der Waals surface area contributed by atoms with Crippen molar-refractivity contribution in [3.63, 3.8) is 0 Å². The Bertz CT molecular complexity index is 829. The Kier molecular flexibility index (Phi) is 4.47. The van der Waals surface area contributed by atoms with E-state index >= 15 is 0 Å². The van der Waals surface area contributed by atoms with Gasteiger partial charge in [0.05, 0.1) is 0 Å². The van der Waals surface area contributed by atoms with Crippen molar-refractivity contribution in [3.8, 4) is 0 Å². The zero-order valence-corrected chi connectivity index (χ0v) is 14.8. The molecule has 1 unspecified atom stereocenters. The van der Waals surface area contributed by atoms with Gasteiger partial charge in [-0.3, -0.25) is 4.79 Å². The van der Waals surface area contributed by atoms with Crippen LogP contribution in [0.1, 0.15) is 12.0 Å². The number of piperidine rings is 1. The van der Waals surface area contributed by atoms with Gasteiger partial charge < -0.3 is 16.0 Å². The van der Waals surface area contributed by atoms with Crippen LogP contribution >= 0.6 is 0 Å². The molecule has 3 N–H and O–H groups in total. The van der Waals surface area contributed by atoms with E-state index in [4.69, 9.17) is 5.73 Å². The highest BCUT2D eigenvalue weighted by atomic mass is 19.1. The number of amides is 1. The average Bonchev–Trinajstić information content (AvgIpc) is 3.03. The molecule has 3 atom stereocenters. The molecule has 1 aliphatic heterocycles. The van der Waals surface area contributed by atoms with E-state index < -0.39 is 5.67 Å². The summed E-state index contributed by atoms with van der Waals surface area (Å²) in [6, 6.07) is 5.21. The lowest BCUT2D eigenvalue weighted by Crippen LogP contribution is -2.33. The molecule has 8 heteroatoms. The molecule has 1 aliphatic carbocycles. The number of rotatable bonds is 6. The van der Waals surface area contributed by atoms with Gasteiger partial charge in [-0.05, 0) is 36.3 Å². The number of aromatic nitrogens is 3. The summed E-state index contributed by atoms with van der Waals surface area (Å²) >= 11 is 0. The number of hydrogen-bond donors (Lipinski definition) is 2. The molecule has 27 heavy (non-hydrogen) atoms. The second-order valence-corrected chi connectivity index (χ2v) is 6.98. The Balaban J connectivity index is 1.21. The molecule has 1 saturated carbocycles. The molecule has 0 spiro atoms. The van der Waals surface area contributed by atoms with Crippen LogP contribution in [-0.2, 0) is 4.79 Å². The van der Waals surface area contributed by atoms with Gasteiger partial charge in [-0.15, -0.1) is 0 Å². The van der Waals surface area contributed by atoms with Crippen molar-refractivity contribution in [1.29, 1.82) is 0 Å². The van der Waals surface area contributed by atoms with Crippen molar-refractivity contribution < 1.29 is 9.18 Å². The molecule has 2 fully saturated rings. The fraction of sp³-hybridized carbons (Fsp3) is 0.368. The van der Waals surface area contributed by atoms with E-state index in [9.17, 15) is 9.18 Å². The second-order valence-electron chi connectivity index (χ2n) is 6.98. The number of fused-ring (bicyclic) bond motifs is 1. The molecule has 2 aromatic rings. The van der Waals surface area contributed by atoms with Crippen LogP contribution in [0.15, 0.2) is 42.9 Å². The first-order chi connectivity index (χ1) is 13.1. The summed E-state index contributed by atoms with van der Waals surface area (Å²) in [6.07, 6.45) is 8.37. The minimum atomic E-state index is -1.19. The minimum absolute atomic E-state index is 0.00500. The number of alkyl halides is 1. The Morgan fingerprint density at radius 1 is 1.30 bits per heavy atom. The van der Waals surface area contributed by atoms with Crippen LogP contribution in [0.5, 0.6) is 0 Å². The van der Waals surface area contributed by atoms with Gasteiger partial charge in [-0.2, -0.15) is 0 Å². The van der Waals surface area contributed by atoms with Crippen molar-refractivity contribution >= 4 is 23.7 Å². The molecule has 7 nitrogen and oxygen atoms in total.